The van der Waals surface area contributed by atoms with E-state index in [1.54, 1.807) is 24.3 Å². The average Bonchev–Trinajstić information content (AvgIpc) is 2.39. The van der Waals surface area contributed by atoms with Crippen LogP contribution in [0.2, 0.25) is 0 Å². The number of hydrogen-bond acceptors (Lipinski definition) is 3. The summed E-state index contributed by atoms with van der Waals surface area (Å²) in [7, 11) is 0. The van der Waals surface area contributed by atoms with Crippen LogP contribution >= 0.6 is 0 Å². The molecule has 0 spiro atoms. The standard InChI is InChI=1S/C13H10N4O/c14-8-9-4-5-13(16-17-15)12(6-9)10-2-1-3-11(18)7-10/h4-7H,1-3H2. The molecule has 0 saturated carbocycles. The van der Waals surface area contributed by atoms with Crippen LogP contribution in [0.25, 0.3) is 16.0 Å². The fourth-order valence-corrected chi connectivity index (χ4v) is 2.00. The number of carbonyl (C=O) groups is 1. The van der Waals surface area contributed by atoms with Crippen molar-refractivity contribution in [3.8, 4) is 6.07 Å². The Morgan fingerprint density at radius 3 is 2.89 bits per heavy atom. The minimum atomic E-state index is 0.0745. The van der Waals surface area contributed by atoms with Gasteiger partial charge in [-0.25, -0.2) is 0 Å². The molecule has 18 heavy (non-hydrogen) atoms. The highest BCUT2D eigenvalue weighted by atomic mass is 16.1. The molecule has 0 unspecified atom stereocenters. The summed E-state index contributed by atoms with van der Waals surface area (Å²) in [6, 6.07) is 6.90. The van der Waals surface area contributed by atoms with Crippen molar-refractivity contribution in [1.82, 2.24) is 0 Å². The second kappa shape index (κ2) is 5.17. The first-order valence-corrected chi connectivity index (χ1v) is 5.57. The first-order chi connectivity index (χ1) is 8.74. The number of carbonyl (C=O) groups excluding carboxylic acids is 1. The van der Waals surface area contributed by atoms with E-state index in [0.29, 0.717) is 23.2 Å². The first-order valence-electron chi connectivity index (χ1n) is 5.57. The number of azide groups is 1. The molecule has 0 amide bonds. The van der Waals surface area contributed by atoms with Crippen LogP contribution in [0.3, 0.4) is 0 Å². The molecular formula is C13H10N4O. The molecule has 1 aromatic carbocycles. The number of benzene rings is 1. The molecule has 0 aromatic heterocycles. The van der Waals surface area contributed by atoms with E-state index in [1.165, 1.54) is 0 Å². The highest BCUT2D eigenvalue weighted by molar-refractivity contribution is 5.99. The molecule has 0 heterocycles. The van der Waals surface area contributed by atoms with Crippen LogP contribution in [0.5, 0.6) is 0 Å². The number of nitriles is 1. The van der Waals surface area contributed by atoms with Crippen molar-refractivity contribution in [2.24, 2.45) is 5.11 Å². The summed E-state index contributed by atoms with van der Waals surface area (Å²) in [5, 5.41) is 12.5. The van der Waals surface area contributed by atoms with E-state index in [2.05, 4.69) is 10.0 Å². The van der Waals surface area contributed by atoms with Gasteiger partial charge in [0.15, 0.2) is 5.78 Å². The second-order valence-corrected chi connectivity index (χ2v) is 4.02. The maximum absolute atomic E-state index is 11.4. The van der Waals surface area contributed by atoms with Gasteiger partial charge in [0.05, 0.1) is 11.6 Å². The molecule has 1 aliphatic rings. The predicted molar refractivity (Wildman–Crippen MR) is 66.8 cm³/mol. The van der Waals surface area contributed by atoms with Gasteiger partial charge in [-0.05, 0) is 47.7 Å². The van der Waals surface area contributed by atoms with E-state index in [9.17, 15) is 4.79 Å². The third kappa shape index (κ3) is 2.40. The Morgan fingerprint density at radius 1 is 1.39 bits per heavy atom. The Labute approximate surface area is 104 Å². The van der Waals surface area contributed by atoms with Crippen LogP contribution < -0.4 is 0 Å². The van der Waals surface area contributed by atoms with E-state index >= 15 is 0 Å². The summed E-state index contributed by atoms with van der Waals surface area (Å²) in [6.07, 6.45) is 3.68. The maximum Gasteiger partial charge on any atom is 0.155 e. The van der Waals surface area contributed by atoms with E-state index < -0.39 is 0 Å². The van der Waals surface area contributed by atoms with Gasteiger partial charge in [0.2, 0.25) is 0 Å². The van der Waals surface area contributed by atoms with Crippen molar-refractivity contribution >= 4 is 17.0 Å². The predicted octanol–water partition coefficient (Wildman–Crippen LogP) is 3.64. The van der Waals surface area contributed by atoms with Crippen LogP contribution in [0.4, 0.5) is 5.69 Å². The number of hydrogen-bond donors (Lipinski definition) is 0. The molecule has 0 aliphatic heterocycles. The molecule has 1 aromatic rings. The number of ketones is 1. The van der Waals surface area contributed by atoms with Crippen LogP contribution in [0.15, 0.2) is 29.4 Å². The minimum Gasteiger partial charge on any atom is -0.295 e. The zero-order valence-corrected chi connectivity index (χ0v) is 9.63. The van der Waals surface area contributed by atoms with Crippen molar-refractivity contribution in [1.29, 1.82) is 5.26 Å². The van der Waals surface area contributed by atoms with Crippen LogP contribution in [0.1, 0.15) is 30.4 Å². The van der Waals surface area contributed by atoms with E-state index in [0.717, 1.165) is 18.4 Å². The highest BCUT2D eigenvalue weighted by Crippen LogP contribution is 2.33. The lowest BCUT2D eigenvalue weighted by molar-refractivity contribution is -0.114. The lowest BCUT2D eigenvalue weighted by atomic mass is 9.91. The number of allylic oxidation sites excluding steroid dienone is 2. The summed E-state index contributed by atoms with van der Waals surface area (Å²) in [4.78, 5) is 14.2. The maximum atomic E-state index is 11.4. The molecule has 0 fully saturated rings. The zero-order valence-electron chi connectivity index (χ0n) is 9.63. The number of nitrogens with zero attached hydrogens (tertiary/aromatic N) is 4. The molecule has 0 bridgehead atoms. The molecule has 0 N–H and O–H groups in total. The van der Waals surface area contributed by atoms with E-state index in [1.807, 2.05) is 6.07 Å². The van der Waals surface area contributed by atoms with Gasteiger partial charge in [-0.2, -0.15) is 5.26 Å². The lowest BCUT2D eigenvalue weighted by Gasteiger charge is -2.14. The quantitative estimate of drug-likeness (QED) is 0.447. The molecule has 0 radical (unpaired) electrons. The molecule has 0 atom stereocenters. The Balaban J connectivity index is 2.56. The van der Waals surface area contributed by atoms with Crippen molar-refractivity contribution in [2.45, 2.75) is 19.3 Å². The van der Waals surface area contributed by atoms with Gasteiger partial charge in [-0.15, -0.1) is 0 Å². The van der Waals surface area contributed by atoms with Gasteiger partial charge in [-0.3, -0.25) is 4.79 Å². The largest absolute Gasteiger partial charge is 0.295 e. The average molecular weight is 238 g/mol. The third-order valence-corrected chi connectivity index (χ3v) is 2.83. The number of rotatable bonds is 2. The fraction of sp³-hybridized carbons (Fsp3) is 0.231. The molecule has 2 rings (SSSR count). The van der Waals surface area contributed by atoms with Gasteiger partial charge < -0.3 is 0 Å². The Bertz CT molecular complexity index is 618. The van der Waals surface area contributed by atoms with Gasteiger partial charge in [0.1, 0.15) is 0 Å². The normalized spacial score (nSPS) is 14.4. The van der Waals surface area contributed by atoms with Crippen LogP contribution in [-0.4, -0.2) is 5.78 Å². The third-order valence-electron chi connectivity index (χ3n) is 2.83. The second-order valence-electron chi connectivity index (χ2n) is 4.02. The summed E-state index contributed by atoms with van der Waals surface area (Å²) < 4.78 is 0. The summed E-state index contributed by atoms with van der Waals surface area (Å²) in [6.45, 7) is 0. The van der Waals surface area contributed by atoms with Crippen molar-refractivity contribution in [3.05, 3.63) is 45.8 Å². The lowest BCUT2D eigenvalue weighted by Crippen LogP contribution is -2.02. The topological polar surface area (TPSA) is 89.6 Å². The van der Waals surface area contributed by atoms with E-state index in [-0.39, 0.29) is 5.78 Å². The highest BCUT2D eigenvalue weighted by Gasteiger charge is 2.14. The van der Waals surface area contributed by atoms with Gasteiger partial charge in [-0.1, -0.05) is 11.2 Å². The molecular weight excluding hydrogens is 228 g/mol. The van der Waals surface area contributed by atoms with Gasteiger partial charge >= 0.3 is 0 Å². The van der Waals surface area contributed by atoms with Crippen molar-refractivity contribution in [2.75, 3.05) is 0 Å². The van der Waals surface area contributed by atoms with Crippen LogP contribution in [0, 0.1) is 11.3 Å². The van der Waals surface area contributed by atoms with Gasteiger partial charge in [0.25, 0.3) is 0 Å². The summed E-state index contributed by atoms with van der Waals surface area (Å²) in [5.74, 6) is 0.0745. The zero-order chi connectivity index (χ0) is 13.0. The minimum absolute atomic E-state index is 0.0745. The molecule has 1 aliphatic carbocycles. The van der Waals surface area contributed by atoms with Crippen molar-refractivity contribution in [3.63, 3.8) is 0 Å². The van der Waals surface area contributed by atoms with Crippen LogP contribution in [-0.2, 0) is 4.79 Å². The SMILES string of the molecule is N#Cc1ccc(N=[N+]=[N-])c(C2=CC(=O)CCC2)c1. The summed E-state index contributed by atoms with van der Waals surface area (Å²) in [5.41, 5.74) is 11.0. The molecule has 88 valence electrons. The molecule has 0 saturated heterocycles. The van der Waals surface area contributed by atoms with Gasteiger partial charge in [0, 0.05) is 17.0 Å². The molecule has 5 heteroatoms. The smallest absolute Gasteiger partial charge is 0.155 e. The Hall–Kier alpha value is -2.57. The Kier molecular flexibility index (Phi) is 3.42. The van der Waals surface area contributed by atoms with E-state index in [4.69, 9.17) is 10.8 Å². The first kappa shape index (κ1) is 11.9. The fourth-order valence-electron chi connectivity index (χ4n) is 2.00. The summed E-state index contributed by atoms with van der Waals surface area (Å²) >= 11 is 0. The monoisotopic (exact) mass is 238 g/mol. The Morgan fingerprint density at radius 2 is 2.22 bits per heavy atom. The van der Waals surface area contributed by atoms with Crippen molar-refractivity contribution < 1.29 is 4.79 Å². The molecule has 5 nitrogen and oxygen atoms in total.